The molecule has 134 valence electrons. The first kappa shape index (κ1) is 18.0. The molecule has 25 heavy (non-hydrogen) atoms. The second-order valence-electron chi connectivity index (χ2n) is 6.49. The van der Waals surface area contributed by atoms with Gasteiger partial charge in [0.15, 0.2) is 5.17 Å². The van der Waals surface area contributed by atoms with Crippen LogP contribution in [0, 0.1) is 0 Å². The van der Waals surface area contributed by atoms with E-state index < -0.39 is 0 Å². The summed E-state index contributed by atoms with van der Waals surface area (Å²) in [7, 11) is 0. The maximum absolute atomic E-state index is 13.0. The molecule has 6 heteroatoms. The van der Waals surface area contributed by atoms with E-state index in [1.54, 1.807) is 0 Å². The largest absolute Gasteiger partial charge is 0.356 e. The lowest BCUT2D eigenvalue weighted by Gasteiger charge is -2.30. The molecule has 0 spiro atoms. The molecule has 0 radical (unpaired) electrons. The molecule has 2 aliphatic rings. The van der Waals surface area contributed by atoms with Gasteiger partial charge in [0.25, 0.3) is 0 Å². The fourth-order valence-electron chi connectivity index (χ4n) is 3.42. The van der Waals surface area contributed by atoms with Crippen molar-refractivity contribution in [1.29, 1.82) is 0 Å². The molecule has 0 bridgehead atoms. The van der Waals surface area contributed by atoms with Gasteiger partial charge in [0, 0.05) is 19.0 Å². The van der Waals surface area contributed by atoms with Crippen molar-refractivity contribution in [2.24, 2.45) is 4.99 Å². The minimum atomic E-state index is -0.365. The molecular formula is C19H25N3O2S. The summed E-state index contributed by atoms with van der Waals surface area (Å²) in [6.07, 6.45) is 5.80. The van der Waals surface area contributed by atoms with Crippen molar-refractivity contribution in [2.75, 3.05) is 6.54 Å². The Balaban J connectivity index is 1.83. The number of carbonyl (C=O) groups excluding carboxylic acids is 2. The van der Waals surface area contributed by atoms with Crippen LogP contribution in [-0.2, 0) is 9.59 Å². The van der Waals surface area contributed by atoms with Gasteiger partial charge in [-0.3, -0.25) is 14.5 Å². The Kier molecular flexibility index (Phi) is 6.13. The Morgan fingerprint density at radius 2 is 1.96 bits per heavy atom. The summed E-state index contributed by atoms with van der Waals surface area (Å²) in [6.45, 7) is 2.47. The number of amidine groups is 1. The van der Waals surface area contributed by atoms with Gasteiger partial charge in [-0.05, 0) is 31.9 Å². The van der Waals surface area contributed by atoms with Crippen molar-refractivity contribution in [1.82, 2.24) is 10.2 Å². The molecule has 1 N–H and O–H groups in total. The van der Waals surface area contributed by atoms with Gasteiger partial charge >= 0.3 is 0 Å². The number of para-hydroxylation sites is 1. The summed E-state index contributed by atoms with van der Waals surface area (Å²) in [5.41, 5.74) is 0.845. The van der Waals surface area contributed by atoms with Crippen molar-refractivity contribution in [3.63, 3.8) is 0 Å². The average molecular weight is 359 g/mol. The summed E-state index contributed by atoms with van der Waals surface area (Å²) in [4.78, 5) is 31.5. The van der Waals surface area contributed by atoms with Crippen LogP contribution >= 0.6 is 11.8 Å². The van der Waals surface area contributed by atoms with Crippen LogP contribution in [0.3, 0.4) is 0 Å². The maximum atomic E-state index is 13.0. The molecule has 3 rings (SSSR count). The van der Waals surface area contributed by atoms with Crippen LogP contribution in [-0.4, -0.2) is 39.7 Å². The van der Waals surface area contributed by atoms with Gasteiger partial charge in [0.2, 0.25) is 11.8 Å². The Hall–Kier alpha value is -1.82. The van der Waals surface area contributed by atoms with E-state index in [1.165, 1.54) is 18.2 Å². The number of aliphatic imine (C=N–C) groups is 1. The maximum Gasteiger partial charge on any atom is 0.242 e. The number of benzene rings is 1. The van der Waals surface area contributed by atoms with Crippen LogP contribution < -0.4 is 5.32 Å². The molecule has 1 aromatic carbocycles. The smallest absolute Gasteiger partial charge is 0.242 e. The van der Waals surface area contributed by atoms with Crippen molar-refractivity contribution in [3.8, 4) is 0 Å². The summed E-state index contributed by atoms with van der Waals surface area (Å²) >= 11 is 1.44. The highest BCUT2D eigenvalue weighted by molar-refractivity contribution is 8.15. The normalized spacial score (nSPS) is 23.2. The molecule has 2 amide bonds. The summed E-state index contributed by atoms with van der Waals surface area (Å²) in [5.74, 6) is -0.0317. The van der Waals surface area contributed by atoms with E-state index >= 15 is 0 Å². The van der Waals surface area contributed by atoms with Crippen molar-refractivity contribution < 1.29 is 9.59 Å². The van der Waals surface area contributed by atoms with Crippen LogP contribution in [0.15, 0.2) is 35.3 Å². The molecule has 2 fully saturated rings. The first-order valence-corrected chi connectivity index (χ1v) is 9.97. The van der Waals surface area contributed by atoms with E-state index in [0.29, 0.717) is 6.54 Å². The average Bonchev–Trinajstić information content (AvgIpc) is 2.92. The highest BCUT2D eigenvalue weighted by atomic mass is 32.2. The molecular weight excluding hydrogens is 334 g/mol. The third-order valence-electron chi connectivity index (χ3n) is 4.63. The van der Waals surface area contributed by atoms with Gasteiger partial charge < -0.3 is 5.32 Å². The number of carbonyl (C=O) groups is 2. The van der Waals surface area contributed by atoms with Crippen molar-refractivity contribution in [2.45, 2.75) is 56.7 Å². The first-order chi connectivity index (χ1) is 12.2. The Bertz CT molecular complexity index is 641. The minimum absolute atomic E-state index is 0.0397. The molecule has 1 saturated heterocycles. The zero-order chi connectivity index (χ0) is 17.6. The molecule has 0 aromatic heterocycles. The van der Waals surface area contributed by atoms with E-state index in [1.807, 2.05) is 42.2 Å². The zero-order valence-electron chi connectivity index (χ0n) is 14.6. The number of hydrogen-bond acceptors (Lipinski definition) is 4. The molecule has 1 atom stereocenters. The van der Waals surface area contributed by atoms with E-state index in [0.717, 1.165) is 36.5 Å². The topological polar surface area (TPSA) is 61.8 Å². The summed E-state index contributed by atoms with van der Waals surface area (Å²) in [6, 6.07) is 9.93. The third kappa shape index (κ3) is 4.42. The van der Waals surface area contributed by atoms with Crippen LogP contribution in [0.25, 0.3) is 0 Å². The van der Waals surface area contributed by atoms with E-state index in [2.05, 4.69) is 5.32 Å². The highest BCUT2D eigenvalue weighted by Crippen LogP contribution is 2.36. The van der Waals surface area contributed by atoms with Crippen molar-refractivity contribution in [3.05, 3.63) is 30.3 Å². The van der Waals surface area contributed by atoms with Crippen molar-refractivity contribution >= 4 is 34.4 Å². The van der Waals surface area contributed by atoms with Crippen LogP contribution in [0.4, 0.5) is 5.69 Å². The number of hydrogen-bond donors (Lipinski definition) is 1. The SMILES string of the molecule is CCNC(=O)C[C@@H]1SC(=Nc2ccccc2)N(C2CCCCC2)C1=O. The highest BCUT2D eigenvalue weighted by Gasteiger charge is 2.42. The van der Waals surface area contributed by atoms with Gasteiger partial charge in [-0.2, -0.15) is 0 Å². The van der Waals surface area contributed by atoms with Gasteiger partial charge in [-0.15, -0.1) is 0 Å². The summed E-state index contributed by atoms with van der Waals surface area (Å²) in [5, 5.41) is 3.17. The van der Waals surface area contributed by atoms with Gasteiger partial charge in [-0.1, -0.05) is 49.2 Å². The quantitative estimate of drug-likeness (QED) is 0.875. The summed E-state index contributed by atoms with van der Waals surface area (Å²) < 4.78 is 0. The Morgan fingerprint density at radius 1 is 1.24 bits per heavy atom. The number of nitrogens with one attached hydrogen (secondary N) is 1. The minimum Gasteiger partial charge on any atom is -0.356 e. The Labute approximate surface area is 153 Å². The van der Waals surface area contributed by atoms with Gasteiger partial charge in [0.05, 0.1) is 5.69 Å². The third-order valence-corrected chi connectivity index (χ3v) is 5.78. The lowest BCUT2D eigenvalue weighted by molar-refractivity contribution is -0.130. The fraction of sp³-hybridized carbons (Fsp3) is 0.526. The number of nitrogens with zero attached hydrogens (tertiary/aromatic N) is 2. The van der Waals surface area contributed by atoms with E-state index in [-0.39, 0.29) is 29.5 Å². The predicted molar refractivity (Wildman–Crippen MR) is 102 cm³/mol. The number of thioether (sulfide) groups is 1. The standard InChI is InChI=1S/C19H25N3O2S/c1-2-20-17(23)13-16-18(24)22(15-11-7-4-8-12-15)19(25-16)21-14-9-5-3-6-10-14/h3,5-6,9-10,15-16H,2,4,7-8,11-13H2,1H3,(H,20,23)/t16-/m0/s1. The van der Waals surface area contributed by atoms with Crippen LogP contribution in [0.5, 0.6) is 0 Å². The molecule has 1 aromatic rings. The molecule has 1 heterocycles. The molecule has 1 aliphatic heterocycles. The predicted octanol–water partition coefficient (Wildman–Crippen LogP) is 3.48. The number of amides is 2. The van der Waals surface area contributed by atoms with Crippen LogP contribution in [0.2, 0.25) is 0 Å². The van der Waals surface area contributed by atoms with Crippen LogP contribution in [0.1, 0.15) is 45.4 Å². The second-order valence-corrected chi connectivity index (χ2v) is 7.66. The second kappa shape index (κ2) is 8.52. The molecule has 1 aliphatic carbocycles. The Morgan fingerprint density at radius 3 is 2.64 bits per heavy atom. The number of rotatable bonds is 5. The van der Waals surface area contributed by atoms with Gasteiger partial charge in [0.1, 0.15) is 5.25 Å². The monoisotopic (exact) mass is 359 g/mol. The fourth-order valence-corrected chi connectivity index (χ4v) is 4.63. The zero-order valence-corrected chi connectivity index (χ0v) is 15.4. The first-order valence-electron chi connectivity index (χ1n) is 9.09. The molecule has 1 saturated carbocycles. The molecule has 5 nitrogen and oxygen atoms in total. The van der Waals surface area contributed by atoms with E-state index in [9.17, 15) is 9.59 Å². The molecule has 0 unspecified atom stereocenters. The van der Waals surface area contributed by atoms with E-state index in [4.69, 9.17) is 4.99 Å². The lowest BCUT2D eigenvalue weighted by Crippen LogP contribution is -2.42. The van der Waals surface area contributed by atoms with Gasteiger partial charge in [-0.25, -0.2) is 4.99 Å². The lowest BCUT2D eigenvalue weighted by atomic mass is 9.94.